The van der Waals surface area contributed by atoms with Gasteiger partial charge in [0.15, 0.2) is 0 Å². The molecule has 1 amide bonds. The molecule has 0 saturated heterocycles. The van der Waals surface area contributed by atoms with Gasteiger partial charge in [-0.05, 0) is 37.0 Å². The van der Waals surface area contributed by atoms with E-state index in [4.69, 9.17) is 16.2 Å². The first-order valence-electron chi connectivity index (χ1n) is 6.42. The molecule has 0 fully saturated rings. The van der Waals surface area contributed by atoms with Crippen molar-refractivity contribution in [3.8, 4) is 0 Å². The highest BCUT2D eigenvalue weighted by Crippen LogP contribution is 2.14. The second-order valence-corrected chi connectivity index (χ2v) is 4.48. The Hall–Kier alpha value is -1.71. The molecule has 0 bridgehead atoms. The molecule has 1 aromatic carbocycles. The van der Waals surface area contributed by atoms with Crippen molar-refractivity contribution in [2.45, 2.75) is 45.1 Å². The van der Waals surface area contributed by atoms with E-state index in [1.807, 2.05) is 24.3 Å². The monoisotopic (exact) mass is 250 g/mol. The molecule has 0 aliphatic heterocycles. The van der Waals surface area contributed by atoms with E-state index in [0.717, 1.165) is 43.4 Å². The molecule has 0 radical (unpaired) electrons. The SMILES string of the molecule is CCCCC(CCc1cccc(N)c1)OC(N)=O. The van der Waals surface area contributed by atoms with Crippen molar-refractivity contribution in [3.63, 3.8) is 0 Å². The highest BCUT2D eigenvalue weighted by Gasteiger charge is 2.12. The second-order valence-electron chi connectivity index (χ2n) is 4.48. The number of hydrogen-bond donors (Lipinski definition) is 2. The van der Waals surface area contributed by atoms with Gasteiger partial charge >= 0.3 is 6.09 Å². The Morgan fingerprint density at radius 3 is 2.78 bits per heavy atom. The summed E-state index contributed by atoms with van der Waals surface area (Å²) in [6, 6.07) is 7.76. The molecule has 0 aliphatic rings. The Labute approximate surface area is 108 Å². The Balaban J connectivity index is 2.47. The number of benzene rings is 1. The summed E-state index contributed by atoms with van der Waals surface area (Å²) in [6.45, 7) is 2.11. The number of unbranched alkanes of at least 4 members (excludes halogenated alkanes) is 1. The molecular weight excluding hydrogens is 228 g/mol. The van der Waals surface area contributed by atoms with Gasteiger partial charge in [0.2, 0.25) is 0 Å². The quantitative estimate of drug-likeness (QED) is 0.730. The number of primary amides is 1. The number of anilines is 1. The minimum Gasteiger partial charge on any atom is -0.446 e. The molecule has 4 nitrogen and oxygen atoms in total. The fraction of sp³-hybridized carbons (Fsp3) is 0.500. The summed E-state index contributed by atoms with van der Waals surface area (Å²) >= 11 is 0. The minimum absolute atomic E-state index is 0.0936. The van der Waals surface area contributed by atoms with Gasteiger partial charge in [-0.3, -0.25) is 0 Å². The molecule has 0 spiro atoms. The summed E-state index contributed by atoms with van der Waals surface area (Å²) in [5.41, 5.74) is 12.7. The number of ether oxygens (including phenoxy) is 1. The number of nitrogen functional groups attached to an aromatic ring is 1. The van der Waals surface area contributed by atoms with Gasteiger partial charge in [-0.2, -0.15) is 0 Å². The number of carbonyl (C=O) groups is 1. The van der Waals surface area contributed by atoms with Gasteiger partial charge in [-0.25, -0.2) is 4.79 Å². The van der Waals surface area contributed by atoms with E-state index in [9.17, 15) is 4.79 Å². The average Bonchev–Trinajstić information content (AvgIpc) is 2.32. The molecule has 0 saturated carbocycles. The zero-order valence-corrected chi connectivity index (χ0v) is 10.9. The van der Waals surface area contributed by atoms with E-state index in [1.54, 1.807) is 0 Å². The number of amides is 1. The Morgan fingerprint density at radius 2 is 2.17 bits per heavy atom. The second kappa shape index (κ2) is 7.58. The first-order valence-corrected chi connectivity index (χ1v) is 6.42. The predicted octanol–water partition coefficient (Wildman–Crippen LogP) is 2.86. The Bertz CT molecular complexity index is 380. The summed E-state index contributed by atoms with van der Waals surface area (Å²) in [5, 5.41) is 0. The lowest BCUT2D eigenvalue weighted by molar-refractivity contribution is 0.0945. The van der Waals surface area contributed by atoms with E-state index in [1.165, 1.54) is 0 Å². The maximum Gasteiger partial charge on any atom is 0.404 e. The maximum atomic E-state index is 10.8. The van der Waals surface area contributed by atoms with Crippen molar-refractivity contribution in [1.82, 2.24) is 0 Å². The van der Waals surface area contributed by atoms with Crippen LogP contribution in [-0.2, 0) is 11.2 Å². The lowest BCUT2D eigenvalue weighted by Gasteiger charge is -2.16. The third kappa shape index (κ3) is 5.57. The molecule has 100 valence electrons. The van der Waals surface area contributed by atoms with Gasteiger partial charge in [0.1, 0.15) is 6.10 Å². The average molecular weight is 250 g/mol. The van der Waals surface area contributed by atoms with Gasteiger partial charge in [0.25, 0.3) is 0 Å². The summed E-state index contributed by atoms with van der Waals surface area (Å²) < 4.78 is 5.11. The van der Waals surface area contributed by atoms with Crippen molar-refractivity contribution in [1.29, 1.82) is 0 Å². The highest BCUT2D eigenvalue weighted by atomic mass is 16.6. The fourth-order valence-corrected chi connectivity index (χ4v) is 1.93. The third-order valence-electron chi connectivity index (χ3n) is 2.87. The lowest BCUT2D eigenvalue weighted by Crippen LogP contribution is -2.23. The highest BCUT2D eigenvalue weighted by molar-refractivity contribution is 5.64. The number of aryl methyl sites for hydroxylation is 1. The standard InChI is InChI=1S/C14H22N2O2/c1-2-3-7-13(18-14(16)17)9-8-11-5-4-6-12(15)10-11/h4-6,10,13H,2-3,7-9,15H2,1H3,(H2,16,17). The van der Waals surface area contributed by atoms with Crippen LogP contribution in [0.1, 0.15) is 38.2 Å². The van der Waals surface area contributed by atoms with E-state index >= 15 is 0 Å². The van der Waals surface area contributed by atoms with Crippen LogP contribution in [0.25, 0.3) is 0 Å². The van der Waals surface area contributed by atoms with Crippen molar-refractivity contribution in [3.05, 3.63) is 29.8 Å². The normalized spacial score (nSPS) is 12.1. The fourth-order valence-electron chi connectivity index (χ4n) is 1.93. The van der Waals surface area contributed by atoms with Crippen molar-refractivity contribution >= 4 is 11.8 Å². The maximum absolute atomic E-state index is 10.8. The molecule has 1 aromatic rings. The number of carbonyl (C=O) groups excluding carboxylic acids is 1. The summed E-state index contributed by atoms with van der Waals surface area (Å²) in [6.07, 6.45) is 3.82. The number of rotatable bonds is 7. The first kappa shape index (κ1) is 14.4. The molecule has 1 unspecified atom stereocenters. The zero-order chi connectivity index (χ0) is 13.4. The van der Waals surface area contributed by atoms with Gasteiger partial charge < -0.3 is 16.2 Å². The topological polar surface area (TPSA) is 78.3 Å². The van der Waals surface area contributed by atoms with E-state index in [0.29, 0.717) is 0 Å². The molecule has 18 heavy (non-hydrogen) atoms. The Kier molecular flexibility index (Phi) is 6.05. The Morgan fingerprint density at radius 1 is 1.39 bits per heavy atom. The van der Waals surface area contributed by atoms with Gasteiger partial charge in [-0.15, -0.1) is 0 Å². The van der Waals surface area contributed by atoms with Crippen molar-refractivity contribution in [2.75, 3.05) is 5.73 Å². The molecule has 0 aromatic heterocycles. The first-order chi connectivity index (χ1) is 8.61. The van der Waals surface area contributed by atoms with Crippen molar-refractivity contribution < 1.29 is 9.53 Å². The molecule has 0 aliphatic carbocycles. The van der Waals surface area contributed by atoms with Gasteiger partial charge in [0, 0.05) is 5.69 Å². The van der Waals surface area contributed by atoms with Crippen LogP contribution in [0.15, 0.2) is 24.3 Å². The summed E-state index contributed by atoms with van der Waals surface area (Å²) in [7, 11) is 0. The molecule has 4 heteroatoms. The molecule has 1 rings (SSSR count). The van der Waals surface area contributed by atoms with Crippen LogP contribution in [-0.4, -0.2) is 12.2 Å². The van der Waals surface area contributed by atoms with Crippen molar-refractivity contribution in [2.24, 2.45) is 5.73 Å². The largest absolute Gasteiger partial charge is 0.446 e. The van der Waals surface area contributed by atoms with Crippen LogP contribution in [0.4, 0.5) is 10.5 Å². The van der Waals surface area contributed by atoms with E-state index < -0.39 is 6.09 Å². The zero-order valence-electron chi connectivity index (χ0n) is 10.9. The predicted molar refractivity (Wildman–Crippen MR) is 73.2 cm³/mol. The third-order valence-corrected chi connectivity index (χ3v) is 2.87. The summed E-state index contributed by atoms with van der Waals surface area (Å²) in [5.74, 6) is 0. The number of hydrogen-bond acceptors (Lipinski definition) is 3. The molecule has 4 N–H and O–H groups in total. The van der Waals surface area contributed by atoms with Crippen LogP contribution in [0.3, 0.4) is 0 Å². The van der Waals surface area contributed by atoms with Crippen LogP contribution >= 0.6 is 0 Å². The van der Waals surface area contributed by atoms with Crippen LogP contribution < -0.4 is 11.5 Å². The molecule has 0 heterocycles. The lowest BCUT2D eigenvalue weighted by atomic mass is 10.0. The minimum atomic E-state index is -0.691. The van der Waals surface area contributed by atoms with E-state index in [2.05, 4.69) is 6.92 Å². The van der Waals surface area contributed by atoms with Crippen LogP contribution in [0.2, 0.25) is 0 Å². The summed E-state index contributed by atoms with van der Waals surface area (Å²) in [4.78, 5) is 10.8. The molecular formula is C14H22N2O2. The van der Waals surface area contributed by atoms with E-state index in [-0.39, 0.29) is 6.10 Å². The molecule has 1 atom stereocenters. The van der Waals surface area contributed by atoms with Crippen LogP contribution in [0.5, 0.6) is 0 Å². The van der Waals surface area contributed by atoms with Crippen LogP contribution in [0, 0.1) is 0 Å². The smallest absolute Gasteiger partial charge is 0.404 e. The van der Waals surface area contributed by atoms with Gasteiger partial charge in [0.05, 0.1) is 0 Å². The van der Waals surface area contributed by atoms with Gasteiger partial charge in [-0.1, -0.05) is 31.9 Å². The number of nitrogens with two attached hydrogens (primary N) is 2.